The highest BCUT2D eigenvalue weighted by atomic mass is 32.2. The Balaban J connectivity index is 3.07. The van der Waals surface area contributed by atoms with Crippen molar-refractivity contribution in [3.63, 3.8) is 0 Å². The van der Waals surface area contributed by atoms with Gasteiger partial charge in [-0.1, -0.05) is 26.8 Å². The van der Waals surface area contributed by atoms with Gasteiger partial charge in [0, 0.05) is 24.7 Å². The number of likely N-dealkylation sites (N-methyl/N-ethyl adjacent to an activating group) is 1. The van der Waals surface area contributed by atoms with E-state index in [-0.39, 0.29) is 16.8 Å². The summed E-state index contributed by atoms with van der Waals surface area (Å²) in [7, 11) is 0.345. The molecule has 6 nitrogen and oxygen atoms in total. The number of rotatable bonds is 9. The van der Waals surface area contributed by atoms with Gasteiger partial charge in [0.05, 0.1) is 4.90 Å². The first-order valence-corrected chi connectivity index (χ1v) is 10.1. The van der Waals surface area contributed by atoms with Crippen LogP contribution >= 0.6 is 0 Å². The predicted octanol–water partition coefficient (Wildman–Crippen LogP) is 2.00. The van der Waals surface area contributed by atoms with E-state index in [2.05, 4.69) is 23.9 Å². The van der Waals surface area contributed by atoms with Crippen LogP contribution in [0.25, 0.3) is 0 Å². The molecule has 0 bridgehead atoms. The van der Waals surface area contributed by atoms with E-state index in [0.717, 1.165) is 18.5 Å². The van der Waals surface area contributed by atoms with E-state index in [1.165, 1.54) is 12.1 Å². The fourth-order valence-electron chi connectivity index (χ4n) is 2.74. The lowest BCUT2D eigenvalue weighted by Gasteiger charge is -2.24. The van der Waals surface area contributed by atoms with Gasteiger partial charge in [-0.15, -0.1) is 0 Å². The molecule has 0 aliphatic heterocycles. The fraction of sp³-hybridized carbons (Fsp3) is 0.611. The second-order valence-corrected chi connectivity index (χ2v) is 8.81. The molecule has 1 amide bonds. The SMILES string of the molecule is CCNS(=O)(=O)c1ccc(C)c(C(=O)NC(CC(C)C)CN(C)C)c1. The third-order valence-corrected chi connectivity index (χ3v) is 5.32. The number of carbonyl (C=O) groups excluding carboxylic acids is 1. The van der Waals surface area contributed by atoms with E-state index in [9.17, 15) is 13.2 Å². The first-order valence-electron chi connectivity index (χ1n) is 8.62. The number of hydrogen-bond acceptors (Lipinski definition) is 4. The number of nitrogens with zero attached hydrogens (tertiary/aromatic N) is 1. The minimum Gasteiger partial charge on any atom is -0.348 e. The molecule has 0 spiro atoms. The fourth-order valence-corrected chi connectivity index (χ4v) is 3.81. The van der Waals surface area contributed by atoms with Crippen LogP contribution in [0.5, 0.6) is 0 Å². The Morgan fingerprint density at radius 3 is 2.40 bits per heavy atom. The number of nitrogens with one attached hydrogen (secondary N) is 2. The van der Waals surface area contributed by atoms with Crippen LogP contribution in [0.1, 0.15) is 43.1 Å². The van der Waals surface area contributed by atoms with Gasteiger partial charge in [0.15, 0.2) is 0 Å². The average Bonchev–Trinajstić information content (AvgIpc) is 2.45. The van der Waals surface area contributed by atoms with Crippen molar-refractivity contribution in [2.24, 2.45) is 5.92 Å². The molecule has 1 aromatic carbocycles. The topological polar surface area (TPSA) is 78.5 Å². The van der Waals surface area contributed by atoms with E-state index < -0.39 is 10.0 Å². The molecular formula is C18H31N3O3S. The third-order valence-electron chi connectivity index (χ3n) is 3.77. The summed E-state index contributed by atoms with van der Waals surface area (Å²) in [4.78, 5) is 14.9. The van der Waals surface area contributed by atoms with Crippen LogP contribution in [0.3, 0.4) is 0 Å². The minimum absolute atomic E-state index is 0.0101. The molecular weight excluding hydrogens is 338 g/mol. The van der Waals surface area contributed by atoms with Gasteiger partial charge in [-0.25, -0.2) is 13.1 Å². The molecule has 0 aliphatic carbocycles. The van der Waals surface area contributed by atoms with Crippen molar-refractivity contribution in [3.05, 3.63) is 29.3 Å². The van der Waals surface area contributed by atoms with E-state index in [0.29, 0.717) is 18.0 Å². The van der Waals surface area contributed by atoms with Gasteiger partial charge in [-0.3, -0.25) is 4.79 Å². The molecule has 1 aromatic rings. The summed E-state index contributed by atoms with van der Waals surface area (Å²) in [6.45, 7) is 8.79. The van der Waals surface area contributed by atoms with Gasteiger partial charge < -0.3 is 10.2 Å². The second kappa shape index (κ2) is 9.31. The van der Waals surface area contributed by atoms with Gasteiger partial charge >= 0.3 is 0 Å². The quantitative estimate of drug-likeness (QED) is 0.698. The number of hydrogen-bond donors (Lipinski definition) is 2. The van der Waals surface area contributed by atoms with E-state index in [1.54, 1.807) is 13.0 Å². The van der Waals surface area contributed by atoms with Crippen LogP contribution in [0, 0.1) is 12.8 Å². The Labute approximate surface area is 152 Å². The molecule has 7 heteroatoms. The summed E-state index contributed by atoms with van der Waals surface area (Å²) in [5, 5.41) is 3.05. The van der Waals surface area contributed by atoms with Gasteiger partial charge in [-0.2, -0.15) is 0 Å². The van der Waals surface area contributed by atoms with Crippen LogP contribution in [-0.4, -0.2) is 52.5 Å². The smallest absolute Gasteiger partial charge is 0.251 e. The molecule has 142 valence electrons. The van der Waals surface area contributed by atoms with E-state index >= 15 is 0 Å². The monoisotopic (exact) mass is 369 g/mol. The lowest BCUT2D eigenvalue weighted by Crippen LogP contribution is -2.42. The Kier molecular flexibility index (Phi) is 8.05. The Hall–Kier alpha value is -1.44. The lowest BCUT2D eigenvalue weighted by molar-refractivity contribution is 0.0923. The molecule has 1 unspecified atom stereocenters. The number of benzene rings is 1. The molecule has 0 fully saturated rings. The summed E-state index contributed by atoms with van der Waals surface area (Å²) in [5.41, 5.74) is 1.15. The zero-order valence-corrected chi connectivity index (χ0v) is 16.9. The summed E-state index contributed by atoms with van der Waals surface area (Å²) < 4.78 is 26.8. The van der Waals surface area contributed by atoms with Gasteiger partial charge in [-0.05, 0) is 51.1 Å². The number of aryl methyl sites for hydroxylation is 1. The average molecular weight is 370 g/mol. The van der Waals surface area contributed by atoms with Crippen molar-refractivity contribution in [1.82, 2.24) is 14.9 Å². The van der Waals surface area contributed by atoms with Crippen LogP contribution in [0.15, 0.2) is 23.1 Å². The molecule has 1 rings (SSSR count). The second-order valence-electron chi connectivity index (χ2n) is 7.04. The van der Waals surface area contributed by atoms with Gasteiger partial charge in [0.2, 0.25) is 10.0 Å². The molecule has 0 aromatic heterocycles. The highest BCUT2D eigenvalue weighted by Gasteiger charge is 2.20. The molecule has 0 saturated heterocycles. The summed E-state index contributed by atoms with van der Waals surface area (Å²) in [5.74, 6) is 0.213. The number of sulfonamides is 1. The van der Waals surface area contributed by atoms with Crippen molar-refractivity contribution >= 4 is 15.9 Å². The van der Waals surface area contributed by atoms with Crippen molar-refractivity contribution < 1.29 is 13.2 Å². The zero-order valence-electron chi connectivity index (χ0n) is 16.1. The first kappa shape index (κ1) is 21.6. The van der Waals surface area contributed by atoms with Crippen molar-refractivity contribution in [1.29, 1.82) is 0 Å². The van der Waals surface area contributed by atoms with Crippen LogP contribution in [-0.2, 0) is 10.0 Å². The normalized spacial score (nSPS) is 13.3. The Bertz CT molecular complexity index is 675. The summed E-state index contributed by atoms with van der Waals surface area (Å²) >= 11 is 0. The molecule has 0 aliphatic rings. The van der Waals surface area contributed by atoms with Gasteiger partial charge in [0.1, 0.15) is 0 Å². The van der Waals surface area contributed by atoms with E-state index in [4.69, 9.17) is 0 Å². The largest absolute Gasteiger partial charge is 0.348 e. The lowest BCUT2D eigenvalue weighted by atomic mass is 10.0. The molecule has 0 saturated carbocycles. The van der Waals surface area contributed by atoms with Crippen molar-refractivity contribution in [2.45, 2.75) is 45.1 Å². The standard InChI is InChI=1S/C18H31N3O3S/c1-7-19-25(23,24)16-9-8-14(4)17(11-16)18(22)20-15(10-13(2)3)12-21(5)6/h8-9,11,13,15,19H,7,10,12H2,1-6H3,(H,20,22). The van der Waals surface area contributed by atoms with Crippen LogP contribution < -0.4 is 10.0 Å². The summed E-state index contributed by atoms with van der Waals surface area (Å²) in [6.07, 6.45) is 0.859. The number of carbonyl (C=O) groups is 1. The molecule has 0 heterocycles. The van der Waals surface area contributed by atoms with Gasteiger partial charge in [0.25, 0.3) is 5.91 Å². The maximum Gasteiger partial charge on any atom is 0.251 e. The maximum absolute atomic E-state index is 12.7. The molecule has 1 atom stereocenters. The third kappa shape index (κ3) is 6.76. The maximum atomic E-state index is 12.7. The highest BCUT2D eigenvalue weighted by molar-refractivity contribution is 7.89. The Morgan fingerprint density at radius 1 is 1.24 bits per heavy atom. The molecule has 2 N–H and O–H groups in total. The summed E-state index contributed by atoms with van der Waals surface area (Å²) in [6, 6.07) is 4.65. The minimum atomic E-state index is -3.59. The predicted molar refractivity (Wildman–Crippen MR) is 101 cm³/mol. The van der Waals surface area contributed by atoms with Crippen LogP contribution in [0.4, 0.5) is 0 Å². The highest BCUT2D eigenvalue weighted by Crippen LogP contribution is 2.16. The van der Waals surface area contributed by atoms with Crippen LogP contribution in [0.2, 0.25) is 0 Å². The number of amides is 1. The van der Waals surface area contributed by atoms with E-state index in [1.807, 2.05) is 25.9 Å². The zero-order chi connectivity index (χ0) is 19.2. The Morgan fingerprint density at radius 2 is 1.88 bits per heavy atom. The van der Waals surface area contributed by atoms with Crippen molar-refractivity contribution in [3.8, 4) is 0 Å². The van der Waals surface area contributed by atoms with Crippen molar-refractivity contribution in [2.75, 3.05) is 27.2 Å². The molecule has 25 heavy (non-hydrogen) atoms. The molecule has 0 radical (unpaired) electrons. The first-order chi connectivity index (χ1) is 11.6.